The van der Waals surface area contributed by atoms with Gasteiger partial charge in [0, 0.05) is 35.8 Å². The molecule has 1 unspecified atom stereocenters. The first-order valence-electron chi connectivity index (χ1n) is 9.88. The average Bonchev–Trinajstić information content (AvgIpc) is 3.33. The number of carbonyl (C=O) groups excluding carboxylic acids is 2. The molecule has 0 radical (unpaired) electrons. The molecule has 1 saturated heterocycles. The number of nitrogens with one attached hydrogen (secondary N) is 2. The van der Waals surface area contributed by atoms with Crippen LogP contribution >= 0.6 is 11.6 Å². The first-order valence-corrected chi connectivity index (χ1v) is 10.3. The number of rotatable bonds is 7. The molecule has 30 heavy (non-hydrogen) atoms. The first kappa shape index (κ1) is 21.9. The zero-order chi connectivity index (χ0) is 21.7. The molecule has 6 nitrogen and oxygen atoms in total. The van der Waals surface area contributed by atoms with Gasteiger partial charge in [0.1, 0.15) is 11.7 Å². The van der Waals surface area contributed by atoms with Gasteiger partial charge in [-0.05, 0) is 37.1 Å². The highest BCUT2D eigenvalue weighted by atomic mass is 35.5. The van der Waals surface area contributed by atoms with E-state index < -0.39 is 12.1 Å². The number of hydrogen-bond donors (Lipinski definition) is 3. The maximum absolute atomic E-state index is 13.1. The fraction of sp³-hybridized carbons (Fsp3) is 0.304. The highest BCUT2D eigenvalue weighted by molar-refractivity contribution is 6.31. The Morgan fingerprint density at radius 2 is 2.13 bits per heavy atom. The van der Waals surface area contributed by atoms with Gasteiger partial charge in [0.2, 0.25) is 5.91 Å². The molecule has 0 saturated carbocycles. The van der Waals surface area contributed by atoms with E-state index in [0.29, 0.717) is 35.8 Å². The smallest absolute Gasteiger partial charge is 0.268 e. The van der Waals surface area contributed by atoms with Crippen molar-refractivity contribution < 1.29 is 14.7 Å². The summed E-state index contributed by atoms with van der Waals surface area (Å²) in [5, 5.41) is 13.2. The van der Waals surface area contributed by atoms with Gasteiger partial charge < -0.3 is 20.3 Å². The van der Waals surface area contributed by atoms with Crippen LogP contribution in [0.4, 0.5) is 0 Å². The molecule has 2 atom stereocenters. The summed E-state index contributed by atoms with van der Waals surface area (Å²) in [5.74, 6) is -0.588. The van der Waals surface area contributed by atoms with Gasteiger partial charge in [0.05, 0.1) is 6.10 Å². The number of halogens is 1. The number of carbonyl (C=O) groups is 2. The predicted octanol–water partition coefficient (Wildman–Crippen LogP) is 3.19. The van der Waals surface area contributed by atoms with Crippen LogP contribution in [-0.2, 0) is 11.2 Å². The predicted molar refractivity (Wildman–Crippen MR) is 119 cm³/mol. The summed E-state index contributed by atoms with van der Waals surface area (Å²) in [5.41, 5.74) is 2.68. The van der Waals surface area contributed by atoms with Crippen molar-refractivity contribution in [3.8, 4) is 0 Å². The highest BCUT2D eigenvalue weighted by Gasteiger charge is 2.31. The minimum Gasteiger partial charge on any atom is -0.391 e. The van der Waals surface area contributed by atoms with Crippen LogP contribution in [0.15, 0.2) is 48.0 Å². The van der Waals surface area contributed by atoms with Gasteiger partial charge in [-0.2, -0.15) is 0 Å². The Morgan fingerprint density at radius 3 is 2.73 bits per heavy atom. The summed E-state index contributed by atoms with van der Waals surface area (Å²) in [7, 11) is 0. The second kappa shape index (κ2) is 9.78. The van der Waals surface area contributed by atoms with Crippen molar-refractivity contribution in [2.75, 3.05) is 13.1 Å². The summed E-state index contributed by atoms with van der Waals surface area (Å²) in [4.78, 5) is 30.7. The van der Waals surface area contributed by atoms with Crippen molar-refractivity contribution in [1.29, 1.82) is 0 Å². The maximum atomic E-state index is 13.1. The lowest BCUT2D eigenvalue weighted by atomic mass is 10.0. The molecule has 0 spiro atoms. The van der Waals surface area contributed by atoms with Crippen LogP contribution in [0, 0.1) is 0 Å². The number of H-pyrrole nitrogens is 1. The molecule has 3 N–H and O–H groups in total. The lowest BCUT2D eigenvalue weighted by molar-refractivity contribution is -0.132. The molecule has 2 aromatic rings. The van der Waals surface area contributed by atoms with Gasteiger partial charge in [-0.25, -0.2) is 0 Å². The van der Waals surface area contributed by atoms with Crippen LogP contribution in [0.1, 0.15) is 40.7 Å². The average molecular weight is 428 g/mol. The first-order chi connectivity index (χ1) is 14.4. The van der Waals surface area contributed by atoms with E-state index in [1.807, 2.05) is 30.3 Å². The molecule has 0 bridgehead atoms. The molecule has 1 aromatic carbocycles. The van der Waals surface area contributed by atoms with E-state index in [9.17, 15) is 14.7 Å². The molecule has 2 heterocycles. The lowest BCUT2D eigenvalue weighted by Crippen LogP contribution is -2.49. The van der Waals surface area contributed by atoms with Gasteiger partial charge in [-0.1, -0.05) is 48.5 Å². The molecule has 1 fully saturated rings. The third-order valence-electron chi connectivity index (χ3n) is 5.04. The number of benzene rings is 1. The van der Waals surface area contributed by atoms with Crippen LogP contribution < -0.4 is 5.32 Å². The quantitative estimate of drug-likeness (QED) is 0.634. The number of allylic oxidation sites excluding steroid dienone is 1. The zero-order valence-electron chi connectivity index (χ0n) is 16.9. The molecule has 1 aliphatic rings. The van der Waals surface area contributed by atoms with Gasteiger partial charge in [-0.15, -0.1) is 0 Å². The van der Waals surface area contributed by atoms with Crippen molar-refractivity contribution in [1.82, 2.24) is 15.2 Å². The van der Waals surface area contributed by atoms with E-state index in [1.165, 1.54) is 0 Å². The van der Waals surface area contributed by atoms with Crippen molar-refractivity contribution >= 4 is 35.6 Å². The number of hydrogen-bond acceptors (Lipinski definition) is 3. The number of β-amino-alcohol motifs (C(OH)–C–C–N with tert-alkyl or cyclic N) is 1. The highest BCUT2D eigenvalue weighted by Crippen LogP contribution is 2.18. The molecule has 2 amide bonds. The molecule has 1 aliphatic heterocycles. The lowest BCUT2D eigenvalue weighted by Gasteiger charge is -2.24. The second-order valence-electron chi connectivity index (χ2n) is 7.43. The zero-order valence-corrected chi connectivity index (χ0v) is 17.7. The molecular formula is C23H26ClN3O3. The van der Waals surface area contributed by atoms with Crippen LogP contribution in [0.3, 0.4) is 0 Å². The number of aromatic nitrogens is 1. The summed E-state index contributed by atoms with van der Waals surface area (Å²) in [6.45, 7) is 6.27. The van der Waals surface area contributed by atoms with Crippen molar-refractivity contribution in [2.24, 2.45) is 0 Å². The fourth-order valence-corrected chi connectivity index (χ4v) is 3.68. The Bertz CT molecular complexity index is 948. The van der Waals surface area contributed by atoms with E-state index in [-0.39, 0.29) is 18.4 Å². The fourth-order valence-electron chi connectivity index (χ4n) is 3.56. The van der Waals surface area contributed by atoms with Crippen LogP contribution in [0.2, 0.25) is 0 Å². The minimum atomic E-state index is -0.741. The van der Waals surface area contributed by atoms with Gasteiger partial charge >= 0.3 is 0 Å². The third-order valence-corrected chi connectivity index (χ3v) is 5.15. The maximum Gasteiger partial charge on any atom is 0.268 e. The molecule has 1 aromatic heterocycles. The van der Waals surface area contributed by atoms with Crippen LogP contribution in [0.5, 0.6) is 0 Å². The van der Waals surface area contributed by atoms with E-state index in [2.05, 4.69) is 16.9 Å². The summed E-state index contributed by atoms with van der Waals surface area (Å²) in [6, 6.07) is 10.5. The molecular weight excluding hydrogens is 402 g/mol. The monoisotopic (exact) mass is 427 g/mol. The Labute approximate surface area is 181 Å². The van der Waals surface area contributed by atoms with E-state index >= 15 is 0 Å². The number of aliphatic hydroxyl groups excluding tert-OH is 1. The number of likely N-dealkylation sites (tertiary alicyclic amines) is 1. The molecule has 3 rings (SSSR count). The molecule has 7 heteroatoms. The number of aromatic amines is 1. The van der Waals surface area contributed by atoms with E-state index in [1.54, 1.807) is 30.0 Å². The normalized spacial score (nSPS) is 17.6. The topological polar surface area (TPSA) is 85.4 Å². The van der Waals surface area contributed by atoms with Gasteiger partial charge in [0.15, 0.2) is 0 Å². The number of aliphatic hydroxyl groups is 1. The SMILES string of the molecule is C=Cc1[nH]c(C(=O)N[C@@H](Cc2ccccc2)C(=O)N2CCC(O)C2)cc1/C=C(\C)Cl. The largest absolute Gasteiger partial charge is 0.391 e. The van der Waals surface area contributed by atoms with Crippen LogP contribution in [-0.4, -0.2) is 52.0 Å². The number of amides is 2. The van der Waals surface area contributed by atoms with Gasteiger partial charge in [0.25, 0.3) is 5.91 Å². The molecule has 158 valence electrons. The molecule has 0 aliphatic carbocycles. The van der Waals surface area contributed by atoms with Crippen LogP contribution in [0.25, 0.3) is 12.2 Å². The van der Waals surface area contributed by atoms with Crippen molar-refractivity contribution in [3.63, 3.8) is 0 Å². The van der Waals surface area contributed by atoms with Crippen molar-refractivity contribution in [3.05, 3.63) is 70.5 Å². The summed E-state index contributed by atoms with van der Waals surface area (Å²) in [6.07, 6.45) is 3.74. The summed E-state index contributed by atoms with van der Waals surface area (Å²) < 4.78 is 0. The van der Waals surface area contributed by atoms with E-state index in [4.69, 9.17) is 11.6 Å². The number of nitrogens with zero attached hydrogens (tertiary/aromatic N) is 1. The Balaban J connectivity index is 1.82. The standard InChI is InChI=1S/C23H26ClN3O3/c1-3-19-17(11-15(2)24)13-20(25-19)22(29)26-21(12-16-7-5-4-6-8-16)23(30)27-10-9-18(28)14-27/h3-8,11,13,18,21,25,28H,1,9-10,12,14H2,2H3,(H,26,29)/b15-11+/t18?,21-/m0/s1. The minimum absolute atomic E-state index is 0.198. The third kappa shape index (κ3) is 5.40. The Morgan fingerprint density at radius 1 is 1.40 bits per heavy atom. The summed E-state index contributed by atoms with van der Waals surface area (Å²) >= 11 is 5.97. The Hall–Kier alpha value is -2.83. The second-order valence-corrected chi connectivity index (χ2v) is 8.03. The Kier molecular flexibility index (Phi) is 7.13. The van der Waals surface area contributed by atoms with E-state index in [0.717, 1.165) is 11.1 Å². The van der Waals surface area contributed by atoms with Gasteiger partial charge in [-0.3, -0.25) is 9.59 Å². The van der Waals surface area contributed by atoms with Crippen molar-refractivity contribution in [2.45, 2.75) is 31.9 Å².